The van der Waals surface area contributed by atoms with Crippen molar-refractivity contribution in [2.75, 3.05) is 5.32 Å². The van der Waals surface area contributed by atoms with Crippen molar-refractivity contribution in [1.29, 1.82) is 0 Å². The van der Waals surface area contributed by atoms with Crippen molar-refractivity contribution in [3.05, 3.63) is 63.8 Å². The molecular weight excluding hydrogens is 281 g/mol. The minimum atomic E-state index is -0.687. The van der Waals surface area contributed by atoms with Crippen molar-refractivity contribution < 1.29 is 9.18 Å². The van der Waals surface area contributed by atoms with Crippen LogP contribution >= 0.6 is 11.3 Å². The number of carbonyl (C=O) groups excluding carboxylic acids is 1. The number of para-hydroxylation sites is 1. The highest BCUT2D eigenvalue weighted by molar-refractivity contribution is 7.15. The first-order chi connectivity index (χ1) is 9.66. The van der Waals surface area contributed by atoms with Gasteiger partial charge in [-0.15, -0.1) is 11.3 Å². The molecule has 0 atom stereocenters. The van der Waals surface area contributed by atoms with Gasteiger partial charge in [0.15, 0.2) is 4.96 Å². The largest absolute Gasteiger partial charge is 0.319 e. The number of carbonyl (C=O) groups is 1. The number of nitrogens with one attached hydrogen (secondary N) is 1. The third-order valence-corrected chi connectivity index (χ3v) is 3.48. The van der Waals surface area contributed by atoms with E-state index in [0.29, 0.717) is 4.96 Å². The van der Waals surface area contributed by atoms with Gasteiger partial charge in [-0.2, -0.15) is 0 Å². The summed E-state index contributed by atoms with van der Waals surface area (Å²) in [7, 11) is 0. The molecule has 0 spiro atoms. The molecule has 1 aromatic carbocycles. The van der Waals surface area contributed by atoms with Gasteiger partial charge in [-0.05, 0) is 12.1 Å². The Bertz CT molecular complexity index is 856. The molecule has 2 heterocycles. The Morgan fingerprint density at radius 2 is 2.15 bits per heavy atom. The Labute approximate surface area is 116 Å². The van der Waals surface area contributed by atoms with Crippen LogP contribution in [0.1, 0.15) is 10.4 Å². The second-order valence-corrected chi connectivity index (χ2v) is 4.84. The molecule has 5 nitrogen and oxygen atoms in total. The molecule has 1 amide bonds. The van der Waals surface area contributed by atoms with E-state index in [-0.39, 0.29) is 11.3 Å². The number of halogens is 1. The number of thiazole rings is 1. The van der Waals surface area contributed by atoms with E-state index in [1.54, 1.807) is 11.4 Å². The van der Waals surface area contributed by atoms with Crippen LogP contribution in [0.2, 0.25) is 0 Å². The maximum Gasteiger partial charge on any atom is 0.271 e. The Hall–Kier alpha value is -2.54. The van der Waals surface area contributed by atoms with Crippen molar-refractivity contribution in [1.82, 2.24) is 9.38 Å². The van der Waals surface area contributed by atoms with Crippen molar-refractivity contribution in [2.45, 2.75) is 0 Å². The first kappa shape index (κ1) is 12.5. The summed E-state index contributed by atoms with van der Waals surface area (Å²) in [5, 5.41) is 4.06. The first-order valence-corrected chi connectivity index (χ1v) is 6.55. The van der Waals surface area contributed by atoms with Crippen LogP contribution in [-0.2, 0) is 0 Å². The molecule has 0 saturated carbocycles. The highest BCUT2D eigenvalue weighted by atomic mass is 32.1. The molecular formula is C13H8FN3O2S. The van der Waals surface area contributed by atoms with E-state index < -0.39 is 17.3 Å². The first-order valence-electron chi connectivity index (χ1n) is 5.67. The average molecular weight is 289 g/mol. The lowest BCUT2D eigenvalue weighted by Crippen LogP contribution is -2.26. The van der Waals surface area contributed by atoms with Crippen molar-refractivity contribution in [2.24, 2.45) is 0 Å². The minimum Gasteiger partial charge on any atom is -0.319 e. The zero-order valence-electron chi connectivity index (χ0n) is 10.0. The number of anilines is 1. The highest BCUT2D eigenvalue weighted by Crippen LogP contribution is 2.13. The minimum absolute atomic E-state index is 0.0207. The number of nitrogens with zero attached hydrogens (tertiary/aromatic N) is 2. The van der Waals surface area contributed by atoms with E-state index in [1.807, 2.05) is 0 Å². The SMILES string of the molecule is O=C(Nc1ccccc1F)c1cnc2sccn2c1=O. The Balaban J connectivity index is 1.99. The molecule has 3 rings (SSSR count). The summed E-state index contributed by atoms with van der Waals surface area (Å²) in [6.07, 6.45) is 2.74. The third kappa shape index (κ3) is 2.08. The number of hydrogen-bond donors (Lipinski definition) is 1. The molecule has 7 heteroatoms. The molecule has 1 N–H and O–H groups in total. The summed E-state index contributed by atoms with van der Waals surface area (Å²) >= 11 is 1.29. The molecule has 20 heavy (non-hydrogen) atoms. The molecule has 100 valence electrons. The second kappa shape index (κ2) is 4.86. The molecule has 0 aliphatic rings. The lowest BCUT2D eigenvalue weighted by atomic mass is 10.2. The van der Waals surface area contributed by atoms with Gasteiger partial charge in [0.05, 0.1) is 5.69 Å². The van der Waals surface area contributed by atoms with Gasteiger partial charge in [-0.25, -0.2) is 9.37 Å². The van der Waals surface area contributed by atoms with E-state index >= 15 is 0 Å². The smallest absolute Gasteiger partial charge is 0.271 e. The molecule has 0 aliphatic carbocycles. The molecule has 0 unspecified atom stereocenters. The van der Waals surface area contributed by atoms with E-state index in [0.717, 1.165) is 0 Å². The van der Waals surface area contributed by atoms with E-state index in [4.69, 9.17) is 0 Å². The van der Waals surface area contributed by atoms with Crippen LogP contribution in [0.25, 0.3) is 4.96 Å². The summed E-state index contributed by atoms with van der Waals surface area (Å²) in [5.41, 5.74) is -0.596. The van der Waals surface area contributed by atoms with E-state index in [1.165, 1.54) is 46.3 Å². The van der Waals surface area contributed by atoms with Crippen molar-refractivity contribution in [3.63, 3.8) is 0 Å². The maximum atomic E-state index is 13.5. The lowest BCUT2D eigenvalue weighted by molar-refractivity contribution is 0.102. The number of amides is 1. The predicted molar refractivity (Wildman–Crippen MR) is 73.7 cm³/mol. The average Bonchev–Trinajstić information content (AvgIpc) is 2.91. The molecule has 0 fully saturated rings. The van der Waals surface area contributed by atoms with Crippen molar-refractivity contribution in [3.8, 4) is 0 Å². The molecule has 2 aromatic heterocycles. The fraction of sp³-hybridized carbons (Fsp3) is 0. The van der Waals surface area contributed by atoms with Crippen LogP contribution in [0.15, 0.2) is 46.8 Å². The topological polar surface area (TPSA) is 63.5 Å². The van der Waals surface area contributed by atoms with Gasteiger partial charge in [-0.3, -0.25) is 14.0 Å². The van der Waals surface area contributed by atoms with Gasteiger partial charge in [0.1, 0.15) is 11.4 Å². The van der Waals surface area contributed by atoms with Crippen LogP contribution < -0.4 is 10.9 Å². The second-order valence-electron chi connectivity index (χ2n) is 3.97. The molecule has 0 radical (unpaired) electrons. The lowest BCUT2D eigenvalue weighted by Gasteiger charge is -2.05. The summed E-state index contributed by atoms with van der Waals surface area (Å²) < 4.78 is 14.7. The Kier molecular flexibility index (Phi) is 3.03. The monoisotopic (exact) mass is 289 g/mol. The van der Waals surface area contributed by atoms with Gasteiger partial charge >= 0.3 is 0 Å². The third-order valence-electron chi connectivity index (χ3n) is 2.71. The fourth-order valence-electron chi connectivity index (χ4n) is 1.73. The number of rotatable bonds is 2. The Morgan fingerprint density at radius 3 is 2.95 bits per heavy atom. The molecule has 0 bridgehead atoms. The van der Waals surface area contributed by atoms with Crippen LogP contribution in [0.4, 0.5) is 10.1 Å². The Morgan fingerprint density at radius 1 is 1.35 bits per heavy atom. The predicted octanol–water partition coefficient (Wildman–Crippen LogP) is 2.15. The van der Waals surface area contributed by atoms with Crippen LogP contribution in [-0.4, -0.2) is 15.3 Å². The summed E-state index contributed by atoms with van der Waals surface area (Å²) in [5.74, 6) is -1.25. The molecule has 0 saturated heterocycles. The normalized spacial score (nSPS) is 10.7. The quantitative estimate of drug-likeness (QED) is 0.786. The van der Waals surface area contributed by atoms with Crippen LogP contribution in [0.3, 0.4) is 0 Å². The van der Waals surface area contributed by atoms with Gasteiger partial charge in [0, 0.05) is 17.8 Å². The summed E-state index contributed by atoms with van der Waals surface area (Å²) in [6.45, 7) is 0. The number of hydrogen-bond acceptors (Lipinski definition) is 4. The van der Waals surface area contributed by atoms with E-state index in [2.05, 4.69) is 10.3 Å². The van der Waals surface area contributed by atoms with Crippen LogP contribution in [0.5, 0.6) is 0 Å². The molecule has 0 aliphatic heterocycles. The van der Waals surface area contributed by atoms with Gasteiger partial charge in [0.25, 0.3) is 11.5 Å². The number of fused-ring (bicyclic) bond motifs is 1. The highest BCUT2D eigenvalue weighted by Gasteiger charge is 2.15. The zero-order valence-corrected chi connectivity index (χ0v) is 10.9. The number of aromatic nitrogens is 2. The van der Waals surface area contributed by atoms with Crippen LogP contribution in [0, 0.1) is 5.82 Å². The standard InChI is InChI=1S/C13H8FN3O2S/c14-9-3-1-2-4-10(9)16-11(18)8-7-15-13-17(12(8)19)5-6-20-13/h1-7H,(H,16,18). The maximum absolute atomic E-state index is 13.5. The fourth-order valence-corrected chi connectivity index (χ4v) is 2.41. The van der Waals surface area contributed by atoms with E-state index in [9.17, 15) is 14.0 Å². The zero-order chi connectivity index (χ0) is 14.1. The number of benzene rings is 1. The van der Waals surface area contributed by atoms with Crippen molar-refractivity contribution >= 4 is 27.9 Å². The van der Waals surface area contributed by atoms with Gasteiger partial charge in [0.2, 0.25) is 0 Å². The summed E-state index contributed by atoms with van der Waals surface area (Å²) in [4.78, 5) is 28.6. The summed E-state index contributed by atoms with van der Waals surface area (Å²) in [6, 6.07) is 5.74. The molecule has 3 aromatic rings. The van der Waals surface area contributed by atoms with Gasteiger partial charge < -0.3 is 5.32 Å². The van der Waals surface area contributed by atoms with Gasteiger partial charge in [-0.1, -0.05) is 12.1 Å².